The number of piperidine rings is 1. The highest BCUT2D eigenvalue weighted by Gasteiger charge is 2.48. The van der Waals surface area contributed by atoms with Crippen LogP contribution in [0.2, 0.25) is 0 Å². The van der Waals surface area contributed by atoms with Gasteiger partial charge in [0.1, 0.15) is 11.2 Å². The number of Topliss-reactive ketones (excluding diaryl/α,β-unsaturated/α-hetero) is 2. The van der Waals surface area contributed by atoms with Crippen LogP contribution in [0.3, 0.4) is 0 Å². The van der Waals surface area contributed by atoms with Gasteiger partial charge in [-0.1, -0.05) is 66.8 Å². The number of methoxy groups -OCH3 is 1. The smallest absolute Gasteiger partial charge is 0.160 e. The van der Waals surface area contributed by atoms with Crippen molar-refractivity contribution in [3.8, 4) is 23.3 Å². The Morgan fingerprint density at radius 3 is 2.58 bits per heavy atom. The number of dihydropyridines is 1. The van der Waals surface area contributed by atoms with E-state index in [-0.39, 0.29) is 48.4 Å². The maximum atomic E-state index is 14.3. The quantitative estimate of drug-likeness (QED) is 0.113. The van der Waals surface area contributed by atoms with Crippen LogP contribution in [-0.4, -0.2) is 76.5 Å². The van der Waals surface area contributed by atoms with E-state index in [9.17, 15) is 30.0 Å². The van der Waals surface area contributed by atoms with E-state index in [4.69, 9.17) is 10.5 Å². The number of aliphatic hydroxyl groups excluding tert-OH is 3. The zero-order valence-corrected chi connectivity index (χ0v) is 34.7. The molecule has 10 unspecified atom stereocenters. The molecule has 0 aromatic heterocycles. The number of aromatic hydroxyl groups is 1. The molecule has 8 N–H and O–H groups in total. The minimum absolute atomic E-state index is 0.0460. The molecular formula is C50H61N3O7. The number of ketones is 2. The summed E-state index contributed by atoms with van der Waals surface area (Å²) in [6, 6.07) is 18.1. The van der Waals surface area contributed by atoms with Gasteiger partial charge in [-0.05, 0) is 133 Å². The number of allylic oxidation sites excluding steroid dienone is 2. The number of aryl methyl sites for hydroxylation is 1. The van der Waals surface area contributed by atoms with Gasteiger partial charge in [-0.15, -0.1) is 0 Å². The first-order chi connectivity index (χ1) is 29.0. The third-order valence-corrected chi connectivity index (χ3v) is 14.5. The molecule has 3 fully saturated rings. The van der Waals surface area contributed by atoms with Gasteiger partial charge in [-0.25, -0.2) is 0 Å². The van der Waals surface area contributed by atoms with Crippen LogP contribution in [0.5, 0.6) is 11.5 Å². The average Bonchev–Trinajstić information content (AvgIpc) is 3.30. The van der Waals surface area contributed by atoms with Gasteiger partial charge in [0.25, 0.3) is 0 Å². The number of carbonyl (C=O) groups is 2. The van der Waals surface area contributed by atoms with Gasteiger partial charge < -0.3 is 41.5 Å². The Kier molecular flexibility index (Phi) is 12.7. The Morgan fingerprint density at radius 1 is 0.967 bits per heavy atom. The van der Waals surface area contributed by atoms with Gasteiger partial charge in [0, 0.05) is 43.7 Å². The zero-order valence-electron chi connectivity index (χ0n) is 34.7. The van der Waals surface area contributed by atoms with Crippen molar-refractivity contribution in [1.29, 1.82) is 0 Å². The lowest BCUT2D eigenvalue weighted by Gasteiger charge is -2.42. The van der Waals surface area contributed by atoms with Crippen molar-refractivity contribution in [3.63, 3.8) is 0 Å². The largest absolute Gasteiger partial charge is 0.504 e. The normalized spacial score (nSPS) is 29.5. The highest BCUT2D eigenvalue weighted by molar-refractivity contribution is 5.89. The summed E-state index contributed by atoms with van der Waals surface area (Å²) in [5.41, 5.74) is 8.38. The summed E-state index contributed by atoms with van der Waals surface area (Å²) in [4.78, 5) is 26.3. The Labute approximate surface area is 353 Å². The third kappa shape index (κ3) is 9.01. The SMILES string of the molecule is COc1cc2c(cc1O)C(CC(O)C(O)CC(C1=CCNC(N)=C1)c1ccc3ccccc3c1)C#CC1(CCC(CCC3CNC4CC(=O)CCC4C3)CC1O)C(=O)CC2. The van der Waals surface area contributed by atoms with Crippen molar-refractivity contribution in [2.24, 2.45) is 28.9 Å². The molecule has 2 aliphatic heterocycles. The molecule has 5 aliphatic rings. The van der Waals surface area contributed by atoms with Gasteiger partial charge in [-0.3, -0.25) is 9.59 Å². The molecule has 1 spiro atoms. The Hall–Kier alpha value is -4.66. The first kappa shape index (κ1) is 42.0. The fourth-order valence-electron chi connectivity index (χ4n) is 10.9. The van der Waals surface area contributed by atoms with Crippen LogP contribution in [0.25, 0.3) is 10.8 Å². The summed E-state index contributed by atoms with van der Waals surface area (Å²) < 4.78 is 5.47. The molecule has 0 radical (unpaired) electrons. The molecule has 3 aromatic rings. The van der Waals surface area contributed by atoms with E-state index in [0.717, 1.165) is 66.1 Å². The van der Waals surface area contributed by atoms with Crippen molar-refractivity contribution < 1.29 is 34.8 Å². The van der Waals surface area contributed by atoms with Crippen LogP contribution in [0.15, 0.2) is 78.1 Å². The lowest BCUT2D eigenvalue weighted by molar-refractivity contribution is -0.134. The number of hydrogen-bond acceptors (Lipinski definition) is 10. The third-order valence-electron chi connectivity index (χ3n) is 14.5. The molecule has 3 aliphatic carbocycles. The van der Waals surface area contributed by atoms with Crippen molar-refractivity contribution in [1.82, 2.24) is 10.6 Å². The number of rotatable bonds is 11. The predicted molar refractivity (Wildman–Crippen MR) is 232 cm³/mol. The van der Waals surface area contributed by atoms with Crippen molar-refractivity contribution in [2.45, 2.75) is 120 Å². The number of carbonyl (C=O) groups excluding carboxylic acids is 2. The van der Waals surface area contributed by atoms with Crippen LogP contribution in [0.1, 0.15) is 106 Å². The monoisotopic (exact) mass is 815 g/mol. The van der Waals surface area contributed by atoms with Gasteiger partial charge >= 0.3 is 0 Å². The lowest BCUT2D eigenvalue weighted by Crippen LogP contribution is -2.49. The summed E-state index contributed by atoms with van der Waals surface area (Å²) in [5, 5.41) is 55.6. The van der Waals surface area contributed by atoms with Crippen LogP contribution in [-0.2, 0) is 16.0 Å². The van der Waals surface area contributed by atoms with Crippen LogP contribution in [0, 0.1) is 35.0 Å². The minimum Gasteiger partial charge on any atom is -0.504 e. The Morgan fingerprint density at radius 2 is 1.78 bits per heavy atom. The van der Waals surface area contributed by atoms with E-state index < -0.39 is 29.6 Å². The van der Waals surface area contributed by atoms with E-state index in [1.807, 2.05) is 18.2 Å². The molecule has 10 nitrogen and oxygen atoms in total. The molecule has 3 aromatic carbocycles. The second-order valence-corrected chi connectivity index (χ2v) is 18.3. The molecule has 8 rings (SSSR count). The molecule has 10 heteroatoms. The van der Waals surface area contributed by atoms with E-state index in [1.54, 1.807) is 12.1 Å². The zero-order chi connectivity index (χ0) is 42.0. The van der Waals surface area contributed by atoms with Crippen molar-refractivity contribution in [2.75, 3.05) is 20.2 Å². The van der Waals surface area contributed by atoms with Gasteiger partial charge in [0.15, 0.2) is 17.3 Å². The summed E-state index contributed by atoms with van der Waals surface area (Å²) in [5.74, 6) is 8.19. The number of fused-ring (bicyclic) bond motifs is 3. The molecule has 1 saturated heterocycles. The van der Waals surface area contributed by atoms with E-state index in [1.165, 1.54) is 7.11 Å². The first-order valence-electron chi connectivity index (χ1n) is 22.1. The number of phenols is 1. The number of nitrogens with one attached hydrogen (secondary N) is 2. The second-order valence-electron chi connectivity index (χ2n) is 18.3. The maximum Gasteiger partial charge on any atom is 0.160 e. The van der Waals surface area contributed by atoms with Gasteiger partial charge in [0.05, 0.1) is 31.2 Å². The maximum absolute atomic E-state index is 14.3. The molecule has 0 amide bonds. The number of benzene rings is 3. The molecule has 10 atom stereocenters. The van der Waals surface area contributed by atoms with Crippen LogP contribution < -0.4 is 21.1 Å². The fourth-order valence-corrected chi connectivity index (χ4v) is 10.9. The number of phenolic OH excluding ortho intramolecular Hbond substituents is 1. The number of aliphatic hydroxyl groups is 3. The minimum atomic E-state index is -1.24. The number of hydrogen-bond donors (Lipinski definition) is 7. The highest BCUT2D eigenvalue weighted by atomic mass is 16.5. The topological polar surface area (TPSA) is 174 Å². The van der Waals surface area contributed by atoms with E-state index >= 15 is 0 Å². The van der Waals surface area contributed by atoms with E-state index in [2.05, 4.69) is 58.9 Å². The van der Waals surface area contributed by atoms with Crippen molar-refractivity contribution >= 4 is 22.3 Å². The van der Waals surface area contributed by atoms with Gasteiger partial charge in [-0.2, -0.15) is 0 Å². The molecule has 2 heterocycles. The average molecular weight is 816 g/mol. The first-order valence-corrected chi connectivity index (χ1v) is 22.1. The molecular weight excluding hydrogens is 755 g/mol. The van der Waals surface area contributed by atoms with Crippen LogP contribution in [0.4, 0.5) is 0 Å². The second kappa shape index (κ2) is 18.1. The summed E-state index contributed by atoms with van der Waals surface area (Å²) >= 11 is 0. The Bertz CT molecular complexity index is 2210. The highest BCUT2D eigenvalue weighted by Crippen LogP contribution is 2.45. The summed E-state index contributed by atoms with van der Waals surface area (Å²) in [6.07, 6.45) is 8.66. The molecule has 318 valence electrons. The predicted octanol–water partition coefficient (Wildman–Crippen LogP) is 6.05. The molecule has 2 saturated carbocycles. The van der Waals surface area contributed by atoms with Crippen LogP contribution >= 0.6 is 0 Å². The Balaban J connectivity index is 1.01. The standard InChI is InChI=1S/C50H61N3O7/c1-60-46-24-35-11-13-47(58)50(17-14-30(21-48(50)59)6-7-31-20-38-10-12-39(54)26-42(38)53-29-31)18-15-36(41(35)28-45(46)57)23-43(55)44(56)27-40(37-16-19-52-49(51)25-37)34-9-8-32-4-2-3-5-33(32)22-34/h2-5,8-9,16,22,24-25,28,30-31,36,38,40,42-44,48,52-53,55-57,59H,6-7,10-14,17,19-21,23,26-27,29,51H2,1H3. The van der Waals surface area contributed by atoms with E-state index in [0.29, 0.717) is 73.7 Å². The molecule has 0 bridgehead atoms. The number of ether oxygens (including phenoxy) is 1. The van der Waals surface area contributed by atoms with Gasteiger partial charge in [0.2, 0.25) is 0 Å². The summed E-state index contributed by atoms with van der Waals surface area (Å²) in [6.45, 7) is 1.48. The van der Waals surface area contributed by atoms with Crippen molar-refractivity contribution in [3.05, 3.63) is 94.8 Å². The summed E-state index contributed by atoms with van der Waals surface area (Å²) in [7, 11) is 1.48. The fraction of sp³-hybridized carbons (Fsp3) is 0.520. The lowest BCUT2D eigenvalue weighted by atomic mass is 9.64. The number of nitrogens with two attached hydrogens (primary N) is 1. The molecule has 60 heavy (non-hydrogen) atoms.